The van der Waals surface area contributed by atoms with E-state index in [1.165, 1.54) is 17.0 Å². The van der Waals surface area contributed by atoms with Crippen molar-refractivity contribution in [2.45, 2.75) is 32.5 Å². The van der Waals surface area contributed by atoms with E-state index in [2.05, 4.69) is 0 Å². The molecule has 1 aromatic rings. The molecule has 21 heavy (non-hydrogen) atoms. The molecule has 0 bridgehead atoms. The number of rotatable bonds is 2. The minimum atomic E-state index is -4.52. The van der Waals surface area contributed by atoms with E-state index in [0.29, 0.717) is 0 Å². The maximum absolute atomic E-state index is 12.7. The topological polar surface area (TPSA) is 40.6 Å². The van der Waals surface area contributed by atoms with Gasteiger partial charge in [-0.05, 0) is 32.0 Å². The van der Waals surface area contributed by atoms with E-state index in [-0.39, 0.29) is 24.7 Å². The molecule has 3 amide bonds. The standard InChI is InChI=1S/C14H15F3N2O2/c1-9(2)18-7-6-12(20)19(13(18)21)11-5-3-4-10(8-11)14(15,16)17/h3-5,8-9H,6-7H2,1-2H3. The van der Waals surface area contributed by atoms with Crippen LogP contribution in [0.4, 0.5) is 23.7 Å². The lowest BCUT2D eigenvalue weighted by molar-refractivity contribution is -0.137. The second-order valence-corrected chi connectivity index (χ2v) is 5.10. The first-order chi connectivity index (χ1) is 9.71. The summed E-state index contributed by atoms with van der Waals surface area (Å²) in [7, 11) is 0. The van der Waals surface area contributed by atoms with Crippen molar-refractivity contribution in [2.24, 2.45) is 0 Å². The van der Waals surface area contributed by atoms with Gasteiger partial charge in [0.25, 0.3) is 0 Å². The number of carbonyl (C=O) groups excluding carboxylic acids is 2. The van der Waals surface area contributed by atoms with Gasteiger partial charge in [-0.15, -0.1) is 0 Å². The summed E-state index contributed by atoms with van der Waals surface area (Å²) in [5, 5.41) is 0. The second kappa shape index (κ2) is 5.38. The minimum Gasteiger partial charge on any atom is -0.321 e. The Morgan fingerprint density at radius 1 is 1.19 bits per heavy atom. The average molecular weight is 300 g/mol. The molecule has 0 spiro atoms. The number of urea groups is 1. The Morgan fingerprint density at radius 3 is 2.43 bits per heavy atom. The fourth-order valence-corrected chi connectivity index (χ4v) is 2.21. The molecule has 114 valence electrons. The number of halogens is 3. The molecule has 7 heteroatoms. The van der Waals surface area contributed by atoms with Crippen LogP contribution >= 0.6 is 0 Å². The van der Waals surface area contributed by atoms with E-state index in [9.17, 15) is 22.8 Å². The monoisotopic (exact) mass is 300 g/mol. The Balaban J connectivity index is 2.39. The summed E-state index contributed by atoms with van der Waals surface area (Å²) in [6.45, 7) is 3.86. The summed E-state index contributed by atoms with van der Waals surface area (Å²) < 4.78 is 38.2. The van der Waals surface area contributed by atoms with Gasteiger partial charge in [-0.25, -0.2) is 9.69 Å². The van der Waals surface area contributed by atoms with Crippen LogP contribution in [0.25, 0.3) is 0 Å². The number of hydrogen-bond donors (Lipinski definition) is 0. The van der Waals surface area contributed by atoms with Gasteiger partial charge in [0.05, 0.1) is 11.3 Å². The van der Waals surface area contributed by atoms with Crippen LogP contribution in [0.1, 0.15) is 25.8 Å². The SMILES string of the molecule is CC(C)N1CCC(=O)N(c2cccc(C(F)(F)F)c2)C1=O. The lowest BCUT2D eigenvalue weighted by atomic mass is 10.1. The molecule has 2 rings (SSSR count). The highest BCUT2D eigenvalue weighted by Gasteiger charge is 2.36. The molecule has 0 radical (unpaired) electrons. The zero-order valence-electron chi connectivity index (χ0n) is 11.6. The fourth-order valence-electron chi connectivity index (χ4n) is 2.21. The number of nitrogens with zero attached hydrogens (tertiary/aromatic N) is 2. The highest BCUT2D eigenvalue weighted by atomic mass is 19.4. The number of alkyl halides is 3. The zero-order valence-corrected chi connectivity index (χ0v) is 11.6. The predicted molar refractivity (Wildman–Crippen MR) is 70.8 cm³/mol. The second-order valence-electron chi connectivity index (χ2n) is 5.10. The van der Waals surface area contributed by atoms with Crippen molar-refractivity contribution in [3.8, 4) is 0 Å². The van der Waals surface area contributed by atoms with Gasteiger partial charge in [0.1, 0.15) is 0 Å². The normalized spacial score (nSPS) is 16.9. The van der Waals surface area contributed by atoms with Crippen LogP contribution in [0, 0.1) is 0 Å². The molecule has 1 saturated heterocycles. The summed E-state index contributed by atoms with van der Waals surface area (Å²) in [5.41, 5.74) is -0.938. The van der Waals surface area contributed by atoms with Crippen molar-refractivity contribution in [3.05, 3.63) is 29.8 Å². The van der Waals surface area contributed by atoms with E-state index in [1.807, 2.05) is 0 Å². The molecular formula is C14H15F3N2O2. The summed E-state index contributed by atoms with van der Waals surface area (Å²) in [5.74, 6) is -0.490. The maximum Gasteiger partial charge on any atom is 0.416 e. The Kier molecular flexibility index (Phi) is 3.93. The zero-order chi connectivity index (χ0) is 15.8. The molecule has 1 aromatic carbocycles. The Hall–Kier alpha value is -2.05. The molecule has 0 aromatic heterocycles. The number of amides is 3. The third-order valence-electron chi connectivity index (χ3n) is 3.31. The lowest BCUT2D eigenvalue weighted by Gasteiger charge is -2.36. The first kappa shape index (κ1) is 15.3. The third-order valence-corrected chi connectivity index (χ3v) is 3.31. The molecule has 1 fully saturated rings. The van der Waals surface area contributed by atoms with Gasteiger partial charge >= 0.3 is 12.2 Å². The van der Waals surface area contributed by atoms with Gasteiger partial charge in [-0.3, -0.25) is 4.79 Å². The van der Waals surface area contributed by atoms with Crippen molar-refractivity contribution in [1.29, 1.82) is 0 Å². The van der Waals surface area contributed by atoms with Crippen LogP contribution in [-0.4, -0.2) is 29.4 Å². The summed E-state index contributed by atoms with van der Waals surface area (Å²) in [6, 6.07) is 3.53. The number of imide groups is 1. The number of carbonyl (C=O) groups is 2. The van der Waals surface area contributed by atoms with Crippen LogP contribution in [0.15, 0.2) is 24.3 Å². The third kappa shape index (κ3) is 3.01. The van der Waals surface area contributed by atoms with Gasteiger partial charge in [-0.2, -0.15) is 13.2 Å². The number of benzene rings is 1. The van der Waals surface area contributed by atoms with Crippen LogP contribution in [0.3, 0.4) is 0 Å². The first-order valence-electron chi connectivity index (χ1n) is 6.52. The van der Waals surface area contributed by atoms with Crippen molar-refractivity contribution in [1.82, 2.24) is 4.90 Å². The van der Waals surface area contributed by atoms with Crippen LogP contribution in [-0.2, 0) is 11.0 Å². The largest absolute Gasteiger partial charge is 0.416 e. The quantitative estimate of drug-likeness (QED) is 0.841. The molecule has 4 nitrogen and oxygen atoms in total. The number of anilines is 1. The maximum atomic E-state index is 12.7. The van der Waals surface area contributed by atoms with E-state index in [0.717, 1.165) is 17.0 Å². The number of hydrogen-bond acceptors (Lipinski definition) is 2. The van der Waals surface area contributed by atoms with Gasteiger partial charge < -0.3 is 4.90 Å². The van der Waals surface area contributed by atoms with E-state index >= 15 is 0 Å². The molecule has 0 N–H and O–H groups in total. The smallest absolute Gasteiger partial charge is 0.321 e. The highest BCUT2D eigenvalue weighted by molar-refractivity contribution is 6.15. The van der Waals surface area contributed by atoms with Crippen molar-refractivity contribution >= 4 is 17.6 Å². The lowest BCUT2D eigenvalue weighted by Crippen LogP contribution is -2.54. The van der Waals surface area contributed by atoms with Gasteiger partial charge in [0.2, 0.25) is 5.91 Å². The Bertz CT molecular complexity index is 570. The van der Waals surface area contributed by atoms with Gasteiger partial charge in [0.15, 0.2) is 0 Å². The molecule has 0 unspecified atom stereocenters. The van der Waals surface area contributed by atoms with Crippen molar-refractivity contribution in [2.75, 3.05) is 11.4 Å². The molecule has 1 heterocycles. The Labute approximate surface area is 120 Å². The van der Waals surface area contributed by atoms with Crippen molar-refractivity contribution in [3.63, 3.8) is 0 Å². The molecule has 0 aliphatic carbocycles. The summed E-state index contributed by atoms with van der Waals surface area (Å²) in [6.07, 6.45) is -4.42. The highest BCUT2D eigenvalue weighted by Crippen LogP contribution is 2.32. The molecule has 0 saturated carbocycles. The molecule has 0 atom stereocenters. The molecule has 1 aliphatic rings. The molecule has 1 aliphatic heterocycles. The van der Waals surface area contributed by atoms with Gasteiger partial charge in [-0.1, -0.05) is 6.07 Å². The van der Waals surface area contributed by atoms with Crippen LogP contribution in [0.2, 0.25) is 0 Å². The van der Waals surface area contributed by atoms with E-state index in [4.69, 9.17) is 0 Å². The summed E-state index contributed by atoms with van der Waals surface area (Å²) in [4.78, 5) is 26.5. The predicted octanol–water partition coefficient (Wildman–Crippen LogP) is 3.27. The van der Waals surface area contributed by atoms with E-state index < -0.39 is 23.7 Å². The van der Waals surface area contributed by atoms with Crippen LogP contribution in [0.5, 0.6) is 0 Å². The summed E-state index contributed by atoms with van der Waals surface area (Å²) >= 11 is 0. The minimum absolute atomic E-state index is 0.0508. The van der Waals surface area contributed by atoms with E-state index in [1.54, 1.807) is 13.8 Å². The van der Waals surface area contributed by atoms with Crippen molar-refractivity contribution < 1.29 is 22.8 Å². The fraction of sp³-hybridized carbons (Fsp3) is 0.429. The van der Waals surface area contributed by atoms with Crippen LogP contribution < -0.4 is 4.90 Å². The Morgan fingerprint density at radius 2 is 1.86 bits per heavy atom. The first-order valence-corrected chi connectivity index (χ1v) is 6.52. The average Bonchev–Trinajstić information content (AvgIpc) is 2.37. The van der Waals surface area contributed by atoms with Gasteiger partial charge in [0, 0.05) is 19.0 Å². The molecular weight excluding hydrogens is 285 g/mol.